The van der Waals surface area contributed by atoms with E-state index in [9.17, 15) is 0 Å². The molecule has 3 heteroatoms. The van der Waals surface area contributed by atoms with Gasteiger partial charge in [0.1, 0.15) is 0 Å². The van der Waals surface area contributed by atoms with Gasteiger partial charge in [0, 0.05) is 5.41 Å². The predicted molar refractivity (Wildman–Crippen MR) is 195 cm³/mol. The third kappa shape index (κ3) is 8.40. The minimum Gasteiger partial charge on any atom is -0.358 e. The molecule has 1 atom stereocenters. The molecule has 3 aromatic rings. The molecule has 0 heterocycles. The number of aryl methyl sites for hydroxylation is 1. The Morgan fingerprint density at radius 2 is 1.34 bits per heavy atom. The Labute approximate surface area is 296 Å². The van der Waals surface area contributed by atoms with E-state index in [1.165, 1.54) is 91.0 Å². The van der Waals surface area contributed by atoms with Crippen molar-refractivity contribution >= 4 is 40.2 Å². The van der Waals surface area contributed by atoms with Gasteiger partial charge in [-0.1, -0.05) is 78.0 Å². The summed E-state index contributed by atoms with van der Waals surface area (Å²) in [5.74, 6) is 0.556. The smallest absolute Gasteiger partial charge is 0.358 e. The molecule has 4 aliphatic carbocycles. The maximum atomic E-state index is 3.65. The van der Waals surface area contributed by atoms with E-state index in [0.717, 1.165) is 6.42 Å². The molecule has 0 amide bonds. The molecule has 0 radical (unpaired) electrons. The maximum absolute atomic E-state index is 3.65. The topological polar surface area (TPSA) is 0 Å². The van der Waals surface area contributed by atoms with Crippen LogP contribution >= 0.6 is 24.8 Å². The van der Waals surface area contributed by atoms with Crippen LogP contribution in [0.25, 0.3) is 22.3 Å². The van der Waals surface area contributed by atoms with Crippen molar-refractivity contribution in [2.45, 2.75) is 79.6 Å². The van der Waals surface area contributed by atoms with E-state index in [0.29, 0.717) is 5.92 Å². The average molecular weight is 703 g/mol. The summed E-state index contributed by atoms with van der Waals surface area (Å²) in [6.45, 7) is 20.0. The summed E-state index contributed by atoms with van der Waals surface area (Å²) in [6.07, 6.45) is 14.5. The third-order valence-electron chi connectivity index (χ3n) is 8.40. The Morgan fingerprint density at radius 1 is 0.795 bits per heavy atom. The summed E-state index contributed by atoms with van der Waals surface area (Å²) in [4.78, 5) is 0. The molecule has 0 saturated heterocycles. The van der Waals surface area contributed by atoms with Crippen molar-refractivity contribution in [1.82, 2.24) is 0 Å². The number of hydrogen-bond donors (Lipinski definition) is 0. The Hall–Kier alpha value is -2.05. The molecule has 234 valence electrons. The van der Waals surface area contributed by atoms with Gasteiger partial charge in [0.25, 0.3) is 0 Å². The van der Waals surface area contributed by atoms with E-state index >= 15 is 0 Å². The number of fused-ring (bicyclic) bond motifs is 5. The Morgan fingerprint density at radius 3 is 1.80 bits per heavy atom. The zero-order valence-corrected chi connectivity index (χ0v) is 32.2. The van der Waals surface area contributed by atoms with E-state index < -0.39 is 0 Å². The largest absolute Gasteiger partial charge is 0.358 e. The van der Waals surface area contributed by atoms with Gasteiger partial charge in [0.15, 0.2) is 0 Å². The summed E-state index contributed by atoms with van der Waals surface area (Å²) in [5.41, 5.74) is 17.2. The predicted octanol–water partition coefficient (Wildman–Crippen LogP) is 11.4. The van der Waals surface area contributed by atoms with Gasteiger partial charge in [-0.15, -0.1) is 43.4 Å². The second-order valence-electron chi connectivity index (χ2n) is 12.8. The van der Waals surface area contributed by atoms with Crippen molar-refractivity contribution in [3.8, 4) is 11.1 Å². The fourth-order valence-corrected chi connectivity index (χ4v) is 6.50. The fourth-order valence-electron chi connectivity index (χ4n) is 6.50. The Bertz CT molecular complexity index is 1500. The second-order valence-corrected chi connectivity index (χ2v) is 12.8. The number of hydrogen-bond acceptors (Lipinski definition) is 0. The van der Waals surface area contributed by atoms with Gasteiger partial charge < -0.3 is 7.43 Å². The van der Waals surface area contributed by atoms with E-state index in [1.807, 2.05) is 30.3 Å². The van der Waals surface area contributed by atoms with Crippen LogP contribution in [0.1, 0.15) is 94.3 Å². The van der Waals surface area contributed by atoms with Crippen LogP contribution in [0, 0.1) is 38.5 Å². The minimum atomic E-state index is 0. The molecule has 44 heavy (non-hydrogen) atoms. The van der Waals surface area contributed by atoms with E-state index in [4.69, 9.17) is 0 Å². The standard InChI is InChI=1S/C25H25.C7H9.C7H7.CH3.CH2.2ClH.Zr/c1-14-12-24(3,4)22-8-16-7-17-9-23-19(15(2)13-25(23,5)6)11-21(17)20(16)10-18(14)22;1-6-3-4-7(2)5-6;1-7-5-3-2-4-6-7;;;;;/h8-12H,7H2,1-6H3;3,5,7H,1-2H3;3-6H,1H3;1H3;1H2;2*1H;/q4*-1;;;;. The molecule has 1 unspecified atom stereocenters. The molecule has 0 aliphatic heterocycles. The van der Waals surface area contributed by atoms with Crippen molar-refractivity contribution in [3.05, 3.63) is 137 Å². The van der Waals surface area contributed by atoms with Gasteiger partial charge in [0.2, 0.25) is 0 Å². The van der Waals surface area contributed by atoms with Crippen LogP contribution in [0.3, 0.4) is 0 Å². The van der Waals surface area contributed by atoms with E-state index in [1.54, 1.807) is 0 Å². The Balaban J connectivity index is 0.000000424. The molecule has 0 aromatic heterocycles. The maximum Gasteiger partial charge on any atom is -0.358 e. The molecule has 4 aliphatic rings. The molecule has 7 rings (SSSR count). The van der Waals surface area contributed by atoms with Crippen LogP contribution in [0.2, 0.25) is 0 Å². The fraction of sp³-hybridized carbons (Fsp3) is 0.317. The van der Waals surface area contributed by atoms with Gasteiger partial charge in [-0.25, -0.2) is 17.2 Å². The molecular formula is C41H48Cl2Zr-4. The third-order valence-corrected chi connectivity index (χ3v) is 8.40. The van der Waals surface area contributed by atoms with Gasteiger partial charge in [-0.2, -0.15) is 47.5 Å². The molecule has 0 nitrogen and oxygen atoms in total. The molecule has 3 aromatic carbocycles. The van der Waals surface area contributed by atoms with Crippen LogP contribution in [-0.2, 0) is 41.5 Å². The molecule has 0 fully saturated rings. The van der Waals surface area contributed by atoms with Crippen molar-refractivity contribution in [2.24, 2.45) is 5.92 Å². The average Bonchev–Trinajstić information content (AvgIpc) is 3.61. The first-order chi connectivity index (χ1) is 19.4. The SMILES string of the molecule is CC1=CC(C)[C-]=C1.CC1=[C-]C(C)(C)c2cc3c(cc21)-c1cc2c(cc1C3)C(C)(C)C=C2C.Cc1cc[c-]cc1.Cl.Cl.[CH2]=[Zr].[CH3-]. The van der Waals surface area contributed by atoms with Crippen molar-refractivity contribution in [2.75, 3.05) is 0 Å². The number of rotatable bonds is 0. The second kappa shape index (κ2) is 16.0. The molecule has 0 saturated carbocycles. The summed E-state index contributed by atoms with van der Waals surface area (Å²) >= 11 is 1.30. The van der Waals surface area contributed by atoms with Crippen LogP contribution in [0.4, 0.5) is 0 Å². The van der Waals surface area contributed by atoms with Crippen molar-refractivity contribution < 1.29 is 24.2 Å². The van der Waals surface area contributed by atoms with Crippen LogP contribution < -0.4 is 0 Å². The van der Waals surface area contributed by atoms with Gasteiger partial charge >= 0.3 is 28.4 Å². The summed E-state index contributed by atoms with van der Waals surface area (Å²) in [5, 5.41) is 0. The van der Waals surface area contributed by atoms with Gasteiger partial charge in [0.05, 0.1) is 0 Å². The van der Waals surface area contributed by atoms with Crippen LogP contribution in [0.5, 0.6) is 0 Å². The molecule has 0 N–H and O–H groups in total. The van der Waals surface area contributed by atoms with E-state index in [2.05, 4.69) is 121 Å². The molecule has 0 spiro atoms. The Kier molecular flexibility index (Phi) is 14.5. The number of halogens is 2. The summed E-state index contributed by atoms with van der Waals surface area (Å²) in [7, 11) is 0. The van der Waals surface area contributed by atoms with Gasteiger partial charge in [-0.05, 0) is 58.4 Å². The van der Waals surface area contributed by atoms with Crippen LogP contribution in [0.15, 0.2) is 72.3 Å². The normalized spacial score (nSPS) is 17.6. The van der Waals surface area contributed by atoms with Crippen LogP contribution in [-0.4, -0.2) is 4.21 Å². The van der Waals surface area contributed by atoms with Crippen molar-refractivity contribution in [1.29, 1.82) is 0 Å². The molecule has 0 bridgehead atoms. The first kappa shape index (κ1) is 40.0. The van der Waals surface area contributed by atoms with Gasteiger partial charge in [-0.3, -0.25) is 12.2 Å². The molecular weight excluding hydrogens is 655 g/mol. The zero-order chi connectivity index (χ0) is 30.1. The number of benzene rings is 3. The first-order valence-electron chi connectivity index (χ1n) is 14.6. The quantitative estimate of drug-likeness (QED) is 0.160. The summed E-state index contributed by atoms with van der Waals surface area (Å²) in [6, 6.07) is 20.6. The monoisotopic (exact) mass is 700 g/mol. The number of allylic oxidation sites excluding steroid dienone is 8. The minimum absolute atomic E-state index is 0. The zero-order valence-electron chi connectivity index (χ0n) is 28.2. The summed E-state index contributed by atoms with van der Waals surface area (Å²) < 4.78 is 3.34. The van der Waals surface area contributed by atoms with E-state index in [-0.39, 0.29) is 43.1 Å². The van der Waals surface area contributed by atoms with Crippen molar-refractivity contribution in [3.63, 3.8) is 0 Å². The first-order valence-corrected chi connectivity index (χ1v) is 16.3.